The van der Waals surface area contributed by atoms with E-state index in [1.54, 1.807) is 19.2 Å². The fourth-order valence-corrected chi connectivity index (χ4v) is 2.20. The third-order valence-corrected chi connectivity index (χ3v) is 3.31. The number of hydrogen-bond donors (Lipinski definition) is 1. The molecule has 0 atom stereocenters. The van der Waals surface area contributed by atoms with Gasteiger partial charge in [-0.1, -0.05) is 18.2 Å². The van der Waals surface area contributed by atoms with E-state index in [0.717, 1.165) is 16.9 Å². The largest absolute Gasteiger partial charge is 0.496 e. The maximum atomic E-state index is 11.1. The van der Waals surface area contributed by atoms with Crippen LogP contribution in [-0.2, 0) is 6.61 Å². The first kappa shape index (κ1) is 14.9. The number of para-hydroxylation sites is 1. The SMILES string of the molecule is COc1ccc(C(=O)O)cc1COc1c(C)cccc1C. The van der Waals surface area contributed by atoms with Crippen molar-refractivity contribution in [3.63, 3.8) is 0 Å². The number of carbonyl (C=O) groups is 1. The van der Waals surface area contributed by atoms with Gasteiger partial charge in [-0.2, -0.15) is 0 Å². The van der Waals surface area contributed by atoms with Crippen LogP contribution in [-0.4, -0.2) is 18.2 Å². The lowest BCUT2D eigenvalue weighted by atomic mass is 10.1. The number of aryl methyl sites for hydroxylation is 2. The van der Waals surface area contributed by atoms with E-state index in [1.165, 1.54) is 6.07 Å². The van der Waals surface area contributed by atoms with Crippen LogP contribution in [0.1, 0.15) is 27.0 Å². The number of aromatic carboxylic acids is 1. The minimum Gasteiger partial charge on any atom is -0.496 e. The van der Waals surface area contributed by atoms with Crippen LogP contribution in [0.4, 0.5) is 0 Å². The summed E-state index contributed by atoms with van der Waals surface area (Å²) in [4.78, 5) is 11.1. The number of ether oxygens (including phenoxy) is 2. The van der Waals surface area contributed by atoms with Gasteiger partial charge in [0, 0.05) is 5.56 Å². The number of benzene rings is 2. The topological polar surface area (TPSA) is 55.8 Å². The monoisotopic (exact) mass is 286 g/mol. The van der Waals surface area contributed by atoms with Crippen molar-refractivity contribution >= 4 is 5.97 Å². The summed E-state index contributed by atoms with van der Waals surface area (Å²) < 4.78 is 11.1. The standard InChI is InChI=1S/C17H18O4/c1-11-5-4-6-12(2)16(11)21-10-14-9-13(17(18)19)7-8-15(14)20-3/h4-9H,10H2,1-3H3,(H,18,19). The average Bonchev–Trinajstić information content (AvgIpc) is 2.46. The highest BCUT2D eigenvalue weighted by molar-refractivity contribution is 5.88. The highest BCUT2D eigenvalue weighted by Gasteiger charge is 2.11. The van der Waals surface area contributed by atoms with Crippen molar-refractivity contribution in [3.8, 4) is 11.5 Å². The normalized spacial score (nSPS) is 10.2. The Labute approximate surface area is 123 Å². The third kappa shape index (κ3) is 3.34. The van der Waals surface area contributed by atoms with Crippen molar-refractivity contribution < 1.29 is 19.4 Å². The molecule has 4 nitrogen and oxygen atoms in total. The van der Waals surface area contributed by atoms with Crippen molar-refractivity contribution in [2.45, 2.75) is 20.5 Å². The summed E-state index contributed by atoms with van der Waals surface area (Å²) in [5.41, 5.74) is 3.02. The summed E-state index contributed by atoms with van der Waals surface area (Å²) in [6, 6.07) is 10.7. The minimum absolute atomic E-state index is 0.218. The molecule has 0 aliphatic carbocycles. The molecule has 0 fully saturated rings. The first-order valence-corrected chi connectivity index (χ1v) is 6.62. The van der Waals surface area contributed by atoms with Gasteiger partial charge in [-0.15, -0.1) is 0 Å². The van der Waals surface area contributed by atoms with Crippen LogP contribution in [0.15, 0.2) is 36.4 Å². The molecule has 2 rings (SSSR count). The summed E-state index contributed by atoms with van der Waals surface area (Å²) in [6.45, 7) is 4.22. The Morgan fingerprint density at radius 2 is 1.81 bits per heavy atom. The smallest absolute Gasteiger partial charge is 0.335 e. The summed E-state index contributed by atoms with van der Waals surface area (Å²) >= 11 is 0. The fourth-order valence-electron chi connectivity index (χ4n) is 2.20. The summed E-state index contributed by atoms with van der Waals surface area (Å²) in [5.74, 6) is 0.470. The maximum absolute atomic E-state index is 11.1. The van der Waals surface area contributed by atoms with Gasteiger partial charge < -0.3 is 14.6 Å². The molecule has 0 aromatic heterocycles. The van der Waals surface area contributed by atoms with Crippen LogP contribution in [0.25, 0.3) is 0 Å². The third-order valence-electron chi connectivity index (χ3n) is 3.31. The van der Waals surface area contributed by atoms with E-state index in [4.69, 9.17) is 14.6 Å². The Bertz CT molecular complexity index is 642. The number of rotatable bonds is 5. The molecule has 110 valence electrons. The van der Waals surface area contributed by atoms with Gasteiger partial charge in [0.05, 0.1) is 12.7 Å². The molecule has 2 aromatic rings. The first-order valence-electron chi connectivity index (χ1n) is 6.62. The van der Waals surface area contributed by atoms with Gasteiger partial charge in [-0.05, 0) is 43.2 Å². The first-order chi connectivity index (χ1) is 10.0. The van der Waals surface area contributed by atoms with Gasteiger partial charge in [0.1, 0.15) is 18.1 Å². The molecule has 0 radical (unpaired) electrons. The molecule has 0 unspecified atom stereocenters. The Balaban J connectivity index is 2.26. The molecule has 0 aliphatic heterocycles. The molecular formula is C17H18O4. The zero-order valence-electron chi connectivity index (χ0n) is 12.3. The van der Waals surface area contributed by atoms with Crippen LogP contribution in [0.5, 0.6) is 11.5 Å². The Morgan fingerprint density at radius 3 is 2.38 bits per heavy atom. The van der Waals surface area contributed by atoms with Crippen LogP contribution >= 0.6 is 0 Å². The second-order valence-electron chi connectivity index (χ2n) is 4.84. The molecule has 2 aromatic carbocycles. The molecule has 0 saturated heterocycles. The molecule has 21 heavy (non-hydrogen) atoms. The average molecular weight is 286 g/mol. The summed E-state index contributed by atoms with van der Waals surface area (Å²) in [5, 5.41) is 9.06. The van der Waals surface area contributed by atoms with Gasteiger partial charge in [0.25, 0.3) is 0 Å². The summed E-state index contributed by atoms with van der Waals surface area (Å²) in [7, 11) is 1.55. The Kier molecular flexibility index (Phi) is 4.48. The predicted octanol–water partition coefficient (Wildman–Crippen LogP) is 3.59. The van der Waals surface area contributed by atoms with E-state index in [-0.39, 0.29) is 12.2 Å². The van der Waals surface area contributed by atoms with E-state index in [9.17, 15) is 4.79 Å². The van der Waals surface area contributed by atoms with Gasteiger partial charge in [-0.3, -0.25) is 0 Å². The molecule has 0 bridgehead atoms. The maximum Gasteiger partial charge on any atom is 0.335 e. The van der Waals surface area contributed by atoms with E-state index in [0.29, 0.717) is 11.3 Å². The van der Waals surface area contributed by atoms with Crippen LogP contribution in [0.3, 0.4) is 0 Å². The van der Waals surface area contributed by atoms with E-state index < -0.39 is 5.97 Å². The van der Waals surface area contributed by atoms with Gasteiger partial charge in [-0.25, -0.2) is 4.79 Å². The summed E-state index contributed by atoms with van der Waals surface area (Å²) in [6.07, 6.45) is 0. The molecular weight excluding hydrogens is 268 g/mol. The number of carboxylic acids is 1. The van der Waals surface area contributed by atoms with Crippen LogP contribution in [0.2, 0.25) is 0 Å². The lowest BCUT2D eigenvalue weighted by Gasteiger charge is -2.14. The van der Waals surface area contributed by atoms with Crippen molar-refractivity contribution in [1.29, 1.82) is 0 Å². The van der Waals surface area contributed by atoms with Gasteiger partial charge in [0.2, 0.25) is 0 Å². The van der Waals surface area contributed by atoms with Crippen LogP contribution < -0.4 is 9.47 Å². The predicted molar refractivity (Wildman–Crippen MR) is 80.2 cm³/mol. The zero-order chi connectivity index (χ0) is 15.4. The van der Waals surface area contributed by atoms with Gasteiger partial charge >= 0.3 is 5.97 Å². The lowest BCUT2D eigenvalue weighted by molar-refractivity contribution is 0.0696. The second kappa shape index (κ2) is 6.31. The van der Waals surface area contributed by atoms with Crippen molar-refractivity contribution in [1.82, 2.24) is 0 Å². The van der Waals surface area contributed by atoms with E-state index >= 15 is 0 Å². The Hall–Kier alpha value is -2.49. The molecule has 0 heterocycles. The number of carboxylic acid groups (broad SMARTS) is 1. The molecule has 4 heteroatoms. The van der Waals surface area contributed by atoms with E-state index in [2.05, 4.69) is 0 Å². The highest BCUT2D eigenvalue weighted by Crippen LogP contribution is 2.26. The number of methoxy groups -OCH3 is 1. The fraction of sp³-hybridized carbons (Fsp3) is 0.235. The zero-order valence-corrected chi connectivity index (χ0v) is 12.3. The van der Waals surface area contributed by atoms with Crippen molar-refractivity contribution in [2.75, 3.05) is 7.11 Å². The molecule has 0 spiro atoms. The molecule has 0 saturated carbocycles. The molecule has 1 N–H and O–H groups in total. The van der Waals surface area contributed by atoms with Crippen LogP contribution in [0, 0.1) is 13.8 Å². The van der Waals surface area contributed by atoms with E-state index in [1.807, 2.05) is 32.0 Å². The molecule has 0 aliphatic rings. The second-order valence-corrected chi connectivity index (χ2v) is 4.84. The minimum atomic E-state index is -0.967. The number of hydrogen-bond acceptors (Lipinski definition) is 3. The Morgan fingerprint density at radius 1 is 1.14 bits per heavy atom. The quantitative estimate of drug-likeness (QED) is 0.912. The highest BCUT2D eigenvalue weighted by atomic mass is 16.5. The van der Waals surface area contributed by atoms with Crippen molar-refractivity contribution in [2.24, 2.45) is 0 Å². The van der Waals surface area contributed by atoms with Gasteiger partial charge in [0.15, 0.2) is 0 Å². The lowest BCUT2D eigenvalue weighted by Crippen LogP contribution is -2.04. The molecule has 0 amide bonds. The van der Waals surface area contributed by atoms with Crippen molar-refractivity contribution in [3.05, 3.63) is 58.7 Å².